The van der Waals surface area contributed by atoms with Gasteiger partial charge in [-0.15, -0.1) is 0 Å². The van der Waals surface area contributed by atoms with Crippen LogP contribution in [0.5, 0.6) is 5.75 Å². The molecule has 4 heteroatoms. The lowest BCUT2D eigenvalue weighted by atomic mass is 10.1. The van der Waals surface area contributed by atoms with Crippen molar-refractivity contribution < 1.29 is 10.2 Å². The van der Waals surface area contributed by atoms with Gasteiger partial charge in [-0.25, -0.2) is 0 Å². The number of hydrogen-bond acceptors (Lipinski definition) is 3. The maximum absolute atomic E-state index is 9.12. The van der Waals surface area contributed by atoms with Gasteiger partial charge >= 0.3 is 0 Å². The maximum Gasteiger partial charge on any atom is 0.115 e. The first-order valence-corrected chi connectivity index (χ1v) is 4.29. The Morgan fingerprint density at radius 3 is 2.75 bits per heavy atom. The molecule has 0 aliphatic rings. The fourth-order valence-corrected chi connectivity index (χ4v) is 1.45. The first kappa shape index (κ1) is 9.51. The summed E-state index contributed by atoms with van der Waals surface area (Å²) in [6.45, 7) is -0.137. The number of aliphatic hydroxyl groups is 1. The Labute approximate surface area is 79.0 Å². The molecule has 0 bridgehead atoms. The largest absolute Gasteiger partial charge is 0.508 e. The number of benzene rings is 1. The highest BCUT2D eigenvalue weighted by Crippen LogP contribution is 2.25. The van der Waals surface area contributed by atoms with Crippen LogP contribution in [0.1, 0.15) is 11.6 Å². The van der Waals surface area contributed by atoms with Gasteiger partial charge in [0.05, 0.1) is 12.6 Å². The maximum atomic E-state index is 9.12. The van der Waals surface area contributed by atoms with Gasteiger partial charge in [0.2, 0.25) is 0 Å². The van der Waals surface area contributed by atoms with Crippen molar-refractivity contribution in [3.8, 4) is 5.75 Å². The summed E-state index contributed by atoms with van der Waals surface area (Å²) < 4.78 is 0.793. The van der Waals surface area contributed by atoms with Crippen molar-refractivity contribution in [1.29, 1.82) is 0 Å². The second-order valence-corrected chi connectivity index (χ2v) is 3.35. The van der Waals surface area contributed by atoms with Crippen molar-refractivity contribution in [1.82, 2.24) is 0 Å². The fraction of sp³-hybridized carbons (Fsp3) is 0.250. The van der Waals surface area contributed by atoms with Crippen LogP contribution in [0.2, 0.25) is 0 Å². The second kappa shape index (κ2) is 3.89. The minimum absolute atomic E-state index is 0.137. The molecule has 0 unspecified atom stereocenters. The SMILES string of the molecule is N[C@@H](CO)c1cc(O)ccc1Br. The molecule has 1 aromatic rings. The molecular weight excluding hydrogens is 222 g/mol. The molecule has 0 aliphatic carbocycles. The summed E-state index contributed by atoms with van der Waals surface area (Å²) in [5.41, 5.74) is 6.28. The molecule has 4 N–H and O–H groups in total. The van der Waals surface area contributed by atoms with E-state index in [1.807, 2.05) is 0 Å². The molecule has 3 nitrogen and oxygen atoms in total. The monoisotopic (exact) mass is 231 g/mol. The number of hydrogen-bond donors (Lipinski definition) is 3. The van der Waals surface area contributed by atoms with Gasteiger partial charge in [-0.2, -0.15) is 0 Å². The van der Waals surface area contributed by atoms with E-state index in [2.05, 4.69) is 15.9 Å². The van der Waals surface area contributed by atoms with E-state index in [9.17, 15) is 0 Å². The zero-order valence-corrected chi connectivity index (χ0v) is 7.95. The molecule has 0 saturated heterocycles. The predicted molar refractivity (Wildman–Crippen MR) is 49.8 cm³/mol. The van der Waals surface area contributed by atoms with Gasteiger partial charge < -0.3 is 15.9 Å². The van der Waals surface area contributed by atoms with E-state index < -0.39 is 6.04 Å². The highest BCUT2D eigenvalue weighted by molar-refractivity contribution is 9.10. The van der Waals surface area contributed by atoms with Gasteiger partial charge in [0.15, 0.2) is 0 Å². The lowest BCUT2D eigenvalue weighted by molar-refractivity contribution is 0.267. The molecule has 0 amide bonds. The third kappa shape index (κ3) is 1.97. The number of nitrogens with two attached hydrogens (primary N) is 1. The van der Waals surface area contributed by atoms with Crippen LogP contribution in [0.15, 0.2) is 22.7 Å². The van der Waals surface area contributed by atoms with Crippen molar-refractivity contribution >= 4 is 15.9 Å². The van der Waals surface area contributed by atoms with E-state index in [1.165, 1.54) is 6.07 Å². The fourth-order valence-electron chi connectivity index (χ4n) is 0.914. The van der Waals surface area contributed by atoms with Gasteiger partial charge in [-0.3, -0.25) is 0 Å². The van der Waals surface area contributed by atoms with Crippen LogP contribution in [0.3, 0.4) is 0 Å². The van der Waals surface area contributed by atoms with Crippen LogP contribution < -0.4 is 5.73 Å². The molecule has 1 aromatic carbocycles. The lowest BCUT2D eigenvalue weighted by Gasteiger charge is -2.10. The summed E-state index contributed by atoms with van der Waals surface area (Å²) in [6.07, 6.45) is 0. The first-order valence-electron chi connectivity index (χ1n) is 3.50. The van der Waals surface area contributed by atoms with Gasteiger partial charge in [-0.05, 0) is 23.8 Å². The molecule has 0 aliphatic heterocycles. The van der Waals surface area contributed by atoms with E-state index in [4.69, 9.17) is 15.9 Å². The molecule has 12 heavy (non-hydrogen) atoms. The average Bonchev–Trinajstić information content (AvgIpc) is 2.08. The first-order chi connectivity index (χ1) is 5.65. The summed E-state index contributed by atoms with van der Waals surface area (Å²) in [6, 6.07) is 4.33. The number of aliphatic hydroxyl groups excluding tert-OH is 1. The Hall–Kier alpha value is -0.580. The zero-order valence-electron chi connectivity index (χ0n) is 6.37. The summed E-state index contributed by atoms with van der Waals surface area (Å²) in [5.74, 6) is 0.150. The molecule has 66 valence electrons. The number of phenols is 1. The summed E-state index contributed by atoms with van der Waals surface area (Å²) in [7, 11) is 0. The Bertz CT molecular complexity index is 278. The Morgan fingerprint density at radius 2 is 2.17 bits per heavy atom. The van der Waals surface area contributed by atoms with E-state index in [-0.39, 0.29) is 12.4 Å². The molecule has 0 aromatic heterocycles. The van der Waals surface area contributed by atoms with Crippen LogP contribution in [-0.2, 0) is 0 Å². The number of phenolic OH excluding ortho intramolecular Hbond substituents is 1. The summed E-state index contributed by atoms with van der Waals surface area (Å²) >= 11 is 3.27. The molecule has 0 spiro atoms. The van der Waals surface area contributed by atoms with E-state index in [0.29, 0.717) is 5.56 Å². The number of aromatic hydroxyl groups is 1. The van der Waals surface area contributed by atoms with E-state index >= 15 is 0 Å². The van der Waals surface area contributed by atoms with Gasteiger partial charge in [0, 0.05) is 4.47 Å². The van der Waals surface area contributed by atoms with Crippen molar-refractivity contribution in [2.45, 2.75) is 6.04 Å². The molecule has 0 saturated carbocycles. The van der Waals surface area contributed by atoms with Crippen molar-refractivity contribution in [3.63, 3.8) is 0 Å². The minimum Gasteiger partial charge on any atom is -0.508 e. The highest BCUT2D eigenvalue weighted by Gasteiger charge is 2.08. The molecule has 0 fully saturated rings. The summed E-state index contributed by atoms with van der Waals surface area (Å²) in [5, 5.41) is 17.9. The summed E-state index contributed by atoms with van der Waals surface area (Å²) in [4.78, 5) is 0. The van der Waals surface area contributed by atoms with Crippen LogP contribution in [0.25, 0.3) is 0 Å². The van der Waals surface area contributed by atoms with Gasteiger partial charge in [0.1, 0.15) is 5.75 Å². The Balaban J connectivity index is 3.04. The third-order valence-corrected chi connectivity index (χ3v) is 2.30. The second-order valence-electron chi connectivity index (χ2n) is 2.49. The Morgan fingerprint density at radius 1 is 1.50 bits per heavy atom. The minimum atomic E-state index is -0.452. The quantitative estimate of drug-likeness (QED) is 0.716. The molecule has 1 rings (SSSR count). The zero-order chi connectivity index (χ0) is 9.14. The number of rotatable bonds is 2. The predicted octanol–water partition coefficient (Wildman–Crippen LogP) is 1.15. The average molecular weight is 232 g/mol. The van der Waals surface area contributed by atoms with Crippen LogP contribution in [0, 0.1) is 0 Å². The van der Waals surface area contributed by atoms with E-state index in [0.717, 1.165) is 4.47 Å². The van der Waals surface area contributed by atoms with Crippen LogP contribution >= 0.6 is 15.9 Å². The third-order valence-electron chi connectivity index (χ3n) is 1.58. The smallest absolute Gasteiger partial charge is 0.115 e. The van der Waals surface area contributed by atoms with Gasteiger partial charge in [0.25, 0.3) is 0 Å². The van der Waals surface area contributed by atoms with Crippen molar-refractivity contribution in [2.75, 3.05) is 6.61 Å². The Kier molecular flexibility index (Phi) is 3.08. The van der Waals surface area contributed by atoms with Gasteiger partial charge in [-0.1, -0.05) is 15.9 Å². The van der Waals surface area contributed by atoms with Crippen molar-refractivity contribution in [3.05, 3.63) is 28.2 Å². The number of halogens is 1. The lowest BCUT2D eigenvalue weighted by Crippen LogP contribution is -2.14. The molecule has 1 atom stereocenters. The van der Waals surface area contributed by atoms with Crippen LogP contribution in [-0.4, -0.2) is 16.8 Å². The van der Waals surface area contributed by atoms with Crippen LogP contribution in [0.4, 0.5) is 0 Å². The standard InChI is InChI=1S/C8H10BrNO2/c9-7-2-1-5(12)3-6(7)8(10)4-11/h1-3,8,11-12H,4,10H2/t8-/m0/s1. The topological polar surface area (TPSA) is 66.5 Å². The van der Waals surface area contributed by atoms with Crippen molar-refractivity contribution in [2.24, 2.45) is 5.73 Å². The normalized spacial score (nSPS) is 12.9. The molecule has 0 heterocycles. The van der Waals surface area contributed by atoms with E-state index in [1.54, 1.807) is 12.1 Å². The highest BCUT2D eigenvalue weighted by atomic mass is 79.9. The molecular formula is C8H10BrNO2. The molecule has 0 radical (unpaired) electrons.